The largest absolute Gasteiger partial charge is 0.489 e. The Morgan fingerprint density at radius 2 is 2.14 bits per heavy atom. The van der Waals surface area contributed by atoms with Crippen molar-refractivity contribution in [3.8, 4) is 5.75 Å². The number of benzene rings is 1. The van der Waals surface area contributed by atoms with Crippen molar-refractivity contribution in [2.24, 2.45) is 0 Å². The van der Waals surface area contributed by atoms with Crippen LogP contribution in [0.2, 0.25) is 10.0 Å². The molecule has 0 saturated heterocycles. The third-order valence-electron chi connectivity index (χ3n) is 2.89. The molecule has 1 amide bonds. The van der Waals surface area contributed by atoms with E-state index in [1.165, 1.54) is 0 Å². The summed E-state index contributed by atoms with van der Waals surface area (Å²) in [6.45, 7) is 2.28. The highest BCUT2D eigenvalue weighted by atomic mass is 35.5. The quantitative estimate of drug-likeness (QED) is 0.680. The lowest BCUT2D eigenvalue weighted by atomic mass is 10.2. The van der Waals surface area contributed by atoms with Crippen LogP contribution in [0.25, 0.3) is 0 Å². The fourth-order valence-corrected chi connectivity index (χ4v) is 2.04. The lowest BCUT2D eigenvalue weighted by molar-refractivity contribution is -0.121. The maximum Gasteiger partial charge on any atom is 0.220 e. The highest BCUT2D eigenvalue weighted by Gasteiger charge is 2.10. The SMILES string of the molecule is CCCCCC(=O)NC[C@@H](O)COc1cccc(Cl)c1Cl. The second-order valence-electron chi connectivity index (χ2n) is 4.78. The van der Waals surface area contributed by atoms with Gasteiger partial charge in [-0.2, -0.15) is 0 Å². The summed E-state index contributed by atoms with van der Waals surface area (Å²) in [5.41, 5.74) is 0. The highest BCUT2D eigenvalue weighted by Crippen LogP contribution is 2.31. The number of hydrogen-bond donors (Lipinski definition) is 2. The summed E-state index contributed by atoms with van der Waals surface area (Å²) in [4.78, 5) is 11.5. The summed E-state index contributed by atoms with van der Waals surface area (Å²) >= 11 is 11.8. The van der Waals surface area contributed by atoms with Crippen LogP contribution in [0.1, 0.15) is 32.6 Å². The summed E-state index contributed by atoms with van der Waals surface area (Å²) < 4.78 is 5.39. The maximum atomic E-state index is 11.5. The standard InChI is InChI=1S/C15H21Cl2NO3/c1-2-3-4-8-14(20)18-9-11(19)10-21-13-7-5-6-12(16)15(13)17/h5-7,11,19H,2-4,8-10H2,1H3,(H,18,20)/t11-/m1/s1. The summed E-state index contributed by atoms with van der Waals surface area (Å²) in [6.07, 6.45) is 2.67. The van der Waals surface area contributed by atoms with E-state index in [0.717, 1.165) is 19.3 Å². The fourth-order valence-electron chi connectivity index (χ4n) is 1.70. The van der Waals surface area contributed by atoms with E-state index in [1.54, 1.807) is 18.2 Å². The first-order chi connectivity index (χ1) is 10.0. The number of nitrogens with one attached hydrogen (secondary N) is 1. The Balaban J connectivity index is 2.26. The number of hydrogen-bond acceptors (Lipinski definition) is 3. The average Bonchev–Trinajstić information content (AvgIpc) is 2.47. The third-order valence-corrected chi connectivity index (χ3v) is 3.69. The molecule has 2 N–H and O–H groups in total. The Morgan fingerprint density at radius 3 is 2.86 bits per heavy atom. The van der Waals surface area contributed by atoms with E-state index in [0.29, 0.717) is 22.2 Å². The molecule has 0 aliphatic carbocycles. The number of unbranched alkanes of at least 4 members (excludes halogenated alkanes) is 2. The molecule has 0 unspecified atom stereocenters. The zero-order valence-corrected chi connectivity index (χ0v) is 13.6. The first-order valence-corrected chi connectivity index (χ1v) is 7.81. The van der Waals surface area contributed by atoms with Crippen molar-refractivity contribution in [1.29, 1.82) is 0 Å². The second-order valence-corrected chi connectivity index (χ2v) is 5.56. The molecule has 0 heterocycles. The Labute approximate surface area is 135 Å². The van der Waals surface area contributed by atoms with Gasteiger partial charge in [-0.25, -0.2) is 0 Å². The first kappa shape index (κ1) is 18.1. The Kier molecular flexibility index (Phi) is 8.50. The number of rotatable bonds is 9. The molecule has 6 heteroatoms. The van der Waals surface area contributed by atoms with Gasteiger partial charge in [-0.1, -0.05) is 49.0 Å². The number of aliphatic hydroxyl groups excluding tert-OH is 1. The van der Waals surface area contributed by atoms with Crippen molar-refractivity contribution in [2.45, 2.75) is 38.7 Å². The van der Waals surface area contributed by atoms with Gasteiger partial charge >= 0.3 is 0 Å². The van der Waals surface area contributed by atoms with Gasteiger partial charge in [0, 0.05) is 13.0 Å². The smallest absolute Gasteiger partial charge is 0.220 e. The van der Waals surface area contributed by atoms with E-state index in [4.69, 9.17) is 27.9 Å². The van der Waals surface area contributed by atoms with Crippen LogP contribution >= 0.6 is 23.2 Å². The lowest BCUT2D eigenvalue weighted by Gasteiger charge is -2.14. The Bertz CT molecular complexity index is 455. The molecule has 21 heavy (non-hydrogen) atoms. The van der Waals surface area contributed by atoms with Crippen molar-refractivity contribution in [3.63, 3.8) is 0 Å². The molecule has 1 rings (SSSR count). The Morgan fingerprint density at radius 1 is 1.38 bits per heavy atom. The molecule has 1 aromatic carbocycles. The number of halogens is 2. The van der Waals surface area contributed by atoms with Crippen LogP contribution in [0.4, 0.5) is 0 Å². The molecule has 0 fully saturated rings. The molecule has 0 aliphatic heterocycles. The molecular weight excluding hydrogens is 313 g/mol. The fraction of sp³-hybridized carbons (Fsp3) is 0.533. The van der Waals surface area contributed by atoms with Crippen LogP contribution in [-0.4, -0.2) is 30.3 Å². The van der Waals surface area contributed by atoms with Gasteiger partial charge in [0.25, 0.3) is 0 Å². The molecule has 0 bridgehead atoms. The van der Waals surface area contributed by atoms with Gasteiger partial charge in [0.1, 0.15) is 23.5 Å². The molecule has 118 valence electrons. The summed E-state index contributed by atoms with van der Waals surface area (Å²) in [7, 11) is 0. The minimum Gasteiger partial charge on any atom is -0.489 e. The van der Waals surface area contributed by atoms with Gasteiger partial charge in [-0.3, -0.25) is 4.79 Å². The van der Waals surface area contributed by atoms with Crippen molar-refractivity contribution >= 4 is 29.1 Å². The molecule has 0 spiro atoms. The maximum absolute atomic E-state index is 11.5. The molecule has 1 atom stereocenters. The second kappa shape index (κ2) is 9.87. The third kappa shape index (κ3) is 7.02. The van der Waals surface area contributed by atoms with E-state index in [9.17, 15) is 9.90 Å². The van der Waals surface area contributed by atoms with Crippen LogP contribution in [0, 0.1) is 0 Å². The molecule has 0 aliphatic rings. The van der Waals surface area contributed by atoms with Crippen LogP contribution in [-0.2, 0) is 4.79 Å². The van der Waals surface area contributed by atoms with Crippen LogP contribution in [0.5, 0.6) is 5.75 Å². The van der Waals surface area contributed by atoms with Crippen molar-refractivity contribution in [2.75, 3.05) is 13.2 Å². The van der Waals surface area contributed by atoms with E-state index < -0.39 is 6.10 Å². The molecular formula is C15H21Cl2NO3. The summed E-state index contributed by atoms with van der Waals surface area (Å²) in [5.74, 6) is 0.362. The van der Waals surface area contributed by atoms with E-state index in [1.807, 2.05) is 0 Å². The van der Waals surface area contributed by atoms with Crippen LogP contribution in [0.3, 0.4) is 0 Å². The van der Waals surface area contributed by atoms with Gasteiger partial charge in [-0.15, -0.1) is 0 Å². The van der Waals surface area contributed by atoms with Crippen molar-refractivity contribution in [1.82, 2.24) is 5.32 Å². The van der Waals surface area contributed by atoms with Gasteiger partial charge in [0.15, 0.2) is 0 Å². The normalized spacial score (nSPS) is 12.0. The van der Waals surface area contributed by atoms with Crippen molar-refractivity contribution < 1.29 is 14.6 Å². The number of aliphatic hydroxyl groups is 1. The van der Waals surface area contributed by atoms with E-state index >= 15 is 0 Å². The zero-order valence-electron chi connectivity index (χ0n) is 12.1. The first-order valence-electron chi connectivity index (χ1n) is 7.06. The Hall–Kier alpha value is -0.970. The van der Waals surface area contributed by atoms with Crippen molar-refractivity contribution in [3.05, 3.63) is 28.2 Å². The van der Waals surface area contributed by atoms with E-state index in [2.05, 4.69) is 12.2 Å². The monoisotopic (exact) mass is 333 g/mol. The molecule has 0 aromatic heterocycles. The van der Waals surface area contributed by atoms with Crippen LogP contribution < -0.4 is 10.1 Å². The lowest BCUT2D eigenvalue weighted by Crippen LogP contribution is -2.35. The molecule has 0 radical (unpaired) electrons. The molecule has 1 aromatic rings. The molecule has 0 saturated carbocycles. The minimum absolute atomic E-state index is 0.0370. The van der Waals surface area contributed by atoms with Gasteiger partial charge in [0.05, 0.1) is 5.02 Å². The minimum atomic E-state index is -0.796. The summed E-state index contributed by atoms with van der Waals surface area (Å²) in [6, 6.07) is 5.04. The predicted octanol–water partition coefficient (Wildman–Crippen LogP) is 3.43. The van der Waals surface area contributed by atoms with Gasteiger partial charge < -0.3 is 15.2 Å². The highest BCUT2D eigenvalue weighted by molar-refractivity contribution is 6.42. The van der Waals surface area contributed by atoms with E-state index in [-0.39, 0.29) is 19.1 Å². The van der Waals surface area contributed by atoms with Gasteiger partial charge in [-0.05, 0) is 18.6 Å². The topological polar surface area (TPSA) is 58.6 Å². The number of carbonyl (C=O) groups is 1. The number of ether oxygens (including phenoxy) is 1. The average molecular weight is 334 g/mol. The number of carbonyl (C=O) groups excluding carboxylic acids is 1. The summed E-state index contributed by atoms with van der Waals surface area (Å²) in [5, 5.41) is 13.2. The number of amides is 1. The van der Waals surface area contributed by atoms with Crippen LogP contribution in [0.15, 0.2) is 18.2 Å². The molecule has 4 nitrogen and oxygen atoms in total. The zero-order chi connectivity index (χ0) is 15.7. The van der Waals surface area contributed by atoms with Gasteiger partial charge in [0.2, 0.25) is 5.91 Å². The predicted molar refractivity (Wildman–Crippen MR) is 85.1 cm³/mol.